The molecular formula is C18H17N3O3S. The Hall–Kier alpha value is -2.93. The number of ether oxygens (including phenoxy) is 1. The van der Waals surface area contributed by atoms with E-state index in [0.29, 0.717) is 12.1 Å². The molecule has 6 nitrogen and oxygen atoms in total. The summed E-state index contributed by atoms with van der Waals surface area (Å²) in [6.07, 6.45) is 3.20. The number of aryl methyl sites for hydroxylation is 1. The van der Waals surface area contributed by atoms with Crippen LogP contribution in [-0.2, 0) is 13.6 Å². The van der Waals surface area contributed by atoms with Gasteiger partial charge in [-0.15, -0.1) is 0 Å². The van der Waals surface area contributed by atoms with E-state index in [-0.39, 0.29) is 17.2 Å². The summed E-state index contributed by atoms with van der Waals surface area (Å²) in [6, 6.07) is 7.06. The number of hydrogen-bond acceptors (Lipinski definition) is 5. The minimum Gasteiger partial charge on any atom is -0.496 e. The molecule has 0 saturated heterocycles. The van der Waals surface area contributed by atoms with Crippen molar-refractivity contribution >= 4 is 17.2 Å². The van der Waals surface area contributed by atoms with Crippen LogP contribution in [0.4, 0.5) is 0 Å². The highest BCUT2D eigenvalue weighted by Crippen LogP contribution is 2.23. The second-order valence-corrected chi connectivity index (χ2v) is 6.19. The van der Waals surface area contributed by atoms with Crippen LogP contribution in [0.3, 0.4) is 0 Å². The summed E-state index contributed by atoms with van der Waals surface area (Å²) in [5.74, 6) is -0.0579. The van der Waals surface area contributed by atoms with Gasteiger partial charge in [-0.05, 0) is 23.1 Å². The molecule has 1 amide bonds. The normalized spacial score (nSPS) is 10.5. The molecule has 3 aromatic rings. The first kappa shape index (κ1) is 16.9. The SMILES string of the molecule is COc1cc(=O)n(C)cc1C(=O)NCc1cccnc1-c1ccsc1. The molecule has 25 heavy (non-hydrogen) atoms. The van der Waals surface area contributed by atoms with Crippen LogP contribution < -0.4 is 15.6 Å². The molecule has 0 atom stereocenters. The predicted octanol–water partition coefficient (Wildman–Crippen LogP) is 2.45. The van der Waals surface area contributed by atoms with Crippen molar-refractivity contribution in [2.24, 2.45) is 7.05 Å². The molecule has 3 rings (SSSR count). The highest BCUT2D eigenvalue weighted by atomic mass is 32.1. The van der Waals surface area contributed by atoms with E-state index in [1.807, 2.05) is 29.0 Å². The number of nitrogens with zero attached hydrogens (tertiary/aromatic N) is 2. The van der Waals surface area contributed by atoms with Crippen LogP contribution in [0.2, 0.25) is 0 Å². The summed E-state index contributed by atoms with van der Waals surface area (Å²) < 4.78 is 6.50. The summed E-state index contributed by atoms with van der Waals surface area (Å²) in [7, 11) is 3.02. The van der Waals surface area contributed by atoms with E-state index in [2.05, 4.69) is 10.3 Å². The molecule has 0 bridgehead atoms. The first-order valence-electron chi connectivity index (χ1n) is 7.59. The van der Waals surface area contributed by atoms with Crippen molar-refractivity contribution in [2.75, 3.05) is 7.11 Å². The third-order valence-electron chi connectivity index (χ3n) is 3.78. The lowest BCUT2D eigenvalue weighted by Gasteiger charge is -2.12. The Bertz CT molecular complexity index is 948. The van der Waals surface area contributed by atoms with Gasteiger partial charge in [-0.2, -0.15) is 11.3 Å². The molecule has 0 unspecified atom stereocenters. The molecule has 0 aromatic carbocycles. The van der Waals surface area contributed by atoms with E-state index in [0.717, 1.165) is 16.8 Å². The standard InChI is InChI=1S/C18H17N3O3S/c1-21-10-14(15(24-2)8-16(21)22)18(23)20-9-12-4-3-6-19-17(12)13-5-7-25-11-13/h3-8,10-11H,9H2,1-2H3,(H,20,23). The van der Waals surface area contributed by atoms with Crippen LogP contribution in [0, 0.1) is 0 Å². The zero-order chi connectivity index (χ0) is 17.8. The van der Waals surface area contributed by atoms with E-state index in [1.165, 1.54) is 23.9 Å². The van der Waals surface area contributed by atoms with Crippen molar-refractivity contribution in [1.29, 1.82) is 0 Å². The van der Waals surface area contributed by atoms with Crippen molar-refractivity contribution < 1.29 is 9.53 Å². The number of hydrogen-bond donors (Lipinski definition) is 1. The fourth-order valence-electron chi connectivity index (χ4n) is 2.46. The highest BCUT2D eigenvalue weighted by Gasteiger charge is 2.15. The lowest BCUT2D eigenvalue weighted by atomic mass is 10.1. The third kappa shape index (κ3) is 3.61. The number of nitrogens with one attached hydrogen (secondary N) is 1. The van der Waals surface area contributed by atoms with Crippen molar-refractivity contribution in [2.45, 2.75) is 6.54 Å². The van der Waals surface area contributed by atoms with Crippen LogP contribution in [-0.4, -0.2) is 22.6 Å². The van der Waals surface area contributed by atoms with Gasteiger partial charge in [-0.25, -0.2) is 0 Å². The second kappa shape index (κ2) is 7.31. The third-order valence-corrected chi connectivity index (χ3v) is 4.46. The Morgan fingerprint density at radius 1 is 1.40 bits per heavy atom. The molecule has 0 fully saturated rings. The Morgan fingerprint density at radius 2 is 2.24 bits per heavy atom. The number of carbonyl (C=O) groups is 1. The molecule has 128 valence electrons. The minimum absolute atomic E-state index is 0.236. The topological polar surface area (TPSA) is 73.2 Å². The maximum absolute atomic E-state index is 12.5. The van der Waals surface area contributed by atoms with Crippen LogP contribution in [0.5, 0.6) is 5.75 Å². The van der Waals surface area contributed by atoms with Gasteiger partial charge >= 0.3 is 0 Å². The van der Waals surface area contributed by atoms with Crippen molar-refractivity contribution in [3.63, 3.8) is 0 Å². The molecule has 0 aliphatic carbocycles. The quantitative estimate of drug-likeness (QED) is 0.763. The molecular weight excluding hydrogens is 338 g/mol. The molecule has 3 aromatic heterocycles. The average Bonchev–Trinajstić information content (AvgIpc) is 3.16. The average molecular weight is 355 g/mol. The maximum Gasteiger partial charge on any atom is 0.256 e. The zero-order valence-corrected chi connectivity index (χ0v) is 14.7. The van der Waals surface area contributed by atoms with Gasteiger partial charge in [0.1, 0.15) is 5.75 Å². The van der Waals surface area contributed by atoms with E-state index < -0.39 is 0 Å². The summed E-state index contributed by atoms with van der Waals surface area (Å²) in [6.45, 7) is 0.323. The Balaban J connectivity index is 1.83. The number of carbonyl (C=O) groups excluding carboxylic acids is 1. The molecule has 0 aliphatic rings. The minimum atomic E-state index is -0.312. The highest BCUT2D eigenvalue weighted by molar-refractivity contribution is 7.08. The van der Waals surface area contributed by atoms with Gasteiger partial charge in [0, 0.05) is 43.0 Å². The molecule has 0 aliphatic heterocycles. The van der Waals surface area contributed by atoms with E-state index in [4.69, 9.17) is 4.74 Å². The van der Waals surface area contributed by atoms with Crippen LogP contribution >= 0.6 is 11.3 Å². The van der Waals surface area contributed by atoms with Gasteiger partial charge < -0.3 is 14.6 Å². The molecule has 0 spiro atoms. The Kier molecular flexibility index (Phi) is 4.95. The van der Waals surface area contributed by atoms with Crippen molar-refractivity contribution in [1.82, 2.24) is 14.9 Å². The van der Waals surface area contributed by atoms with Crippen LogP contribution in [0.1, 0.15) is 15.9 Å². The van der Waals surface area contributed by atoms with Gasteiger partial charge in [0.05, 0.1) is 18.4 Å². The number of amides is 1. The Labute approximate surface area is 148 Å². The van der Waals surface area contributed by atoms with Crippen molar-refractivity contribution in [3.05, 3.63) is 68.9 Å². The fraction of sp³-hybridized carbons (Fsp3) is 0.167. The number of pyridine rings is 2. The maximum atomic E-state index is 12.5. The number of thiophene rings is 1. The van der Waals surface area contributed by atoms with Gasteiger partial charge in [0.15, 0.2) is 0 Å². The summed E-state index contributed by atoms with van der Waals surface area (Å²) in [5, 5.41) is 6.87. The monoisotopic (exact) mass is 355 g/mol. The first-order chi connectivity index (χ1) is 12.1. The molecule has 1 N–H and O–H groups in total. The Morgan fingerprint density at radius 3 is 2.96 bits per heavy atom. The van der Waals surface area contributed by atoms with Gasteiger partial charge in [0.2, 0.25) is 0 Å². The summed E-state index contributed by atoms with van der Waals surface area (Å²) in [4.78, 5) is 28.6. The van der Waals surface area contributed by atoms with Gasteiger partial charge in [-0.3, -0.25) is 14.6 Å². The summed E-state index contributed by atoms with van der Waals surface area (Å²) >= 11 is 1.60. The molecule has 0 radical (unpaired) electrons. The molecule has 3 heterocycles. The van der Waals surface area contributed by atoms with E-state index in [9.17, 15) is 9.59 Å². The number of rotatable bonds is 5. The van der Waals surface area contributed by atoms with E-state index in [1.54, 1.807) is 24.6 Å². The first-order valence-corrected chi connectivity index (χ1v) is 8.53. The largest absolute Gasteiger partial charge is 0.496 e. The second-order valence-electron chi connectivity index (χ2n) is 5.41. The van der Waals surface area contributed by atoms with E-state index >= 15 is 0 Å². The lowest BCUT2D eigenvalue weighted by molar-refractivity contribution is 0.0947. The predicted molar refractivity (Wildman–Crippen MR) is 97.0 cm³/mol. The summed E-state index contributed by atoms with van der Waals surface area (Å²) in [5.41, 5.74) is 2.86. The molecule has 7 heteroatoms. The van der Waals surface area contributed by atoms with Gasteiger partial charge in [0.25, 0.3) is 11.5 Å². The molecule has 0 saturated carbocycles. The smallest absolute Gasteiger partial charge is 0.256 e. The fourth-order valence-corrected chi connectivity index (χ4v) is 3.10. The van der Waals surface area contributed by atoms with Gasteiger partial charge in [-0.1, -0.05) is 6.07 Å². The van der Waals surface area contributed by atoms with Crippen LogP contribution in [0.15, 0.2) is 52.2 Å². The number of aromatic nitrogens is 2. The zero-order valence-electron chi connectivity index (χ0n) is 13.9. The number of methoxy groups -OCH3 is 1. The van der Waals surface area contributed by atoms with Crippen LogP contribution in [0.25, 0.3) is 11.3 Å². The lowest BCUT2D eigenvalue weighted by Crippen LogP contribution is -2.26. The van der Waals surface area contributed by atoms with Crippen molar-refractivity contribution in [3.8, 4) is 17.0 Å².